The molecular formula is C18H30N2S. The van der Waals surface area contributed by atoms with E-state index in [0.29, 0.717) is 0 Å². The fourth-order valence-corrected chi connectivity index (χ4v) is 5.25. The molecule has 1 saturated carbocycles. The van der Waals surface area contributed by atoms with Gasteiger partial charge in [-0.1, -0.05) is 19.8 Å². The molecular weight excluding hydrogens is 276 g/mol. The van der Waals surface area contributed by atoms with Crippen LogP contribution in [0.4, 0.5) is 0 Å². The van der Waals surface area contributed by atoms with E-state index in [0.717, 1.165) is 25.0 Å². The van der Waals surface area contributed by atoms with Crippen LogP contribution in [-0.2, 0) is 13.1 Å². The minimum atomic E-state index is 0.879. The van der Waals surface area contributed by atoms with Gasteiger partial charge in [0.25, 0.3) is 0 Å². The molecule has 3 rings (SSSR count). The van der Waals surface area contributed by atoms with Gasteiger partial charge in [0.1, 0.15) is 0 Å². The summed E-state index contributed by atoms with van der Waals surface area (Å²) < 4.78 is 0. The highest BCUT2D eigenvalue weighted by atomic mass is 32.1. The van der Waals surface area contributed by atoms with Crippen molar-refractivity contribution < 1.29 is 0 Å². The Morgan fingerprint density at radius 3 is 2.81 bits per heavy atom. The van der Waals surface area contributed by atoms with E-state index in [-0.39, 0.29) is 0 Å². The molecule has 2 heterocycles. The van der Waals surface area contributed by atoms with E-state index in [4.69, 9.17) is 0 Å². The third kappa shape index (κ3) is 3.69. The van der Waals surface area contributed by atoms with Crippen LogP contribution in [0.1, 0.15) is 60.8 Å². The van der Waals surface area contributed by atoms with Crippen molar-refractivity contribution >= 4 is 11.3 Å². The quantitative estimate of drug-likeness (QED) is 0.842. The van der Waals surface area contributed by atoms with Crippen LogP contribution in [0, 0.1) is 12.8 Å². The second kappa shape index (κ2) is 7.26. The molecule has 2 nitrogen and oxygen atoms in total. The fraction of sp³-hybridized carbons (Fsp3) is 0.778. The summed E-state index contributed by atoms with van der Waals surface area (Å²) in [4.78, 5) is 5.82. The molecule has 0 radical (unpaired) electrons. The zero-order valence-electron chi connectivity index (χ0n) is 13.7. The number of rotatable bonds is 6. The summed E-state index contributed by atoms with van der Waals surface area (Å²) in [6, 6.07) is 3.33. The van der Waals surface area contributed by atoms with Crippen LogP contribution >= 0.6 is 11.3 Å². The third-order valence-electron chi connectivity index (χ3n) is 5.35. The molecule has 2 aliphatic rings. The van der Waals surface area contributed by atoms with Crippen LogP contribution in [-0.4, -0.2) is 24.0 Å². The first-order chi connectivity index (χ1) is 10.3. The second-order valence-electron chi connectivity index (χ2n) is 6.80. The van der Waals surface area contributed by atoms with E-state index in [1.807, 2.05) is 11.3 Å². The normalized spacial score (nSPS) is 24.2. The van der Waals surface area contributed by atoms with Crippen LogP contribution < -0.4 is 5.32 Å². The van der Waals surface area contributed by atoms with Gasteiger partial charge < -0.3 is 5.32 Å². The highest BCUT2D eigenvalue weighted by Crippen LogP contribution is 2.36. The maximum atomic E-state index is 3.45. The zero-order chi connectivity index (χ0) is 14.7. The van der Waals surface area contributed by atoms with E-state index in [1.54, 1.807) is 5.56 Å². The molecule has 1 atom stereocenters. The molecule has 0 bridgehead atoms. The fourth-order valence-electron chi connectivity index (χ4n) is 4.22. The summed E-state index contributed by atoms with van der Waals surface area (Å²) in [6.07, 6.45) is 8.76. The Balaban J connectivity index is 1.63. The molecule has 3 heteroatoms. The molecule has 1 aliphatic carbocycles. The van der Waals surface area contributed by atoms with Gasteiger partial charge in [-0.15, -0.1) is 11.3 Å². The average Bonchev–Trinajstić information content (AvgIpc) is 3.18. The standard InChI is InChI=1S/C18H30N2S/c1-3-19-12-17-11-16(14(2)21-17)13-20-10-6-9-18(20)15-7-4-5-8-15/h11,15,18-19H,3-10,12-13H2,1-2H3. The van der Waals surface area contributed by atoms with Gasteiger partial charge in [-0.3, -0.25) is 4.90 Å². The number of hydrogen-bond acceptors (Lipinski definition) is 3. The maximum Gasteiger partial charge on any atom is 0.0299 e. The Kier molecular flexibility index (Phi) is 5.36. The van der Waals surface area contributed by atoms with E-state index in [2.05, 4.69) is 30.1 Å². The smallest absolute Gasteiger partial charge is 0.0299 e. The minimum Gasteiger partial charge on any atom is -0.312 e. The molecule has 21 heavy (non-hydrogen) atoms. The molecule has 2 fully saturated rings. The highest BCUT2D eigenvalue weighted by molar-refractivity contribution is 7.12. The summed E-state index contributed by atoms with van der Waals surface area (Å²) in [7, 11) is 0. The first kappa shape index (κ1) is 15.5. The summed E-state index contributed by atoms with van der Waals surface area (Å²) in [5, 5.41) is 3.45. The van der Waals surface area contributed by atoms with Crippen molar-refractivity contribution in [1.29, 1.82) is 0 Å². The van der Waals surface area contributed by atoms with Crippen molar-refractivity contribution in [2.24, 2.45) is 5.92 Å². The van der Waals surface area contributed by atoms with Gasteiger partial charge in [-0.2, -0.15) is 0 Å². The molecule has 1 aromatic heterocycles. The molecule has 118 valence electrons. The Morgan fingerprint density at radius 2 is 2.05 bits per heavy atom. The second-order valence-corrected chi connectivity index (χ2v) is 8.14. The van der Waals surface area contributed by atoms with Gasteiger partial charge in [0.2, 0.25) is 0 Å². The van der Waals surface area contributed by atoms with E-state index >= 15 is 0 Å². The number of nitrogens with zero attached hydrogens (tertiary/aromatic N) is 1. The van der Waals surface area contributed by atoms with E-state index < -0.39 is 0 Å². The summed E-state index contributed by atoms with van der Waals surface area (Å²) >= 11 is 1.98. The maximum absolute atomic E-state index is 3.45. The van der Waals surface area contributed by atoms with Crippen molar-refractivity contribution in [3.63, 3.8) is 0 Å². The summed E-state index contributed by atoms with van der Waals surface area (Å²) in [6.45, 7) is 9.08. The summed E-state index contributed by atoms with van der Waals surface area (Å²) in [5.41, 5.74) is 1.58. The molecule has 1 aromatic rings. The molecule has 1 N–H and O–H groups in total. The SMILES string of the molecule is CCNCc1cc(CN2CCCC2C2CCCC2)c(C)s1. The van der Waals surface area contributed by atoms with Crippen LogP contribution in [0.3, 0.4) is 0 Å². The van der Waals surface area contributed by atoms with Crippen molar-refractivity contribution in [2.75, 3.05) is 13.1 Å². The van der Waals surface area contributed by atoms with Gasteiger partial charge >= 0.3 is 0 Å². The molecule has 0 aromatic carbocycles. The lowest BCUT2D eigenvalue weighted by Crippen LogP contribution is -2.34. The number of nitrogens with one attached hydrogen (secondary N) is 1. The molecule has 1 unspecified atom stereocenters. The van der Waals surface area contributed by atoms with Crippen LogP contribution in [0.2, 0.25) is 0 Å². The van der Waals surface area contributed by atoms with Gasteiger partial charge in [0.05, 0.1) is 0 Å². The highest BCUT2D eigenvalue weighted by Gasteiger charge is 2.33. The Hall–Kier alpha value is -0.380. The number of thiophene rings is 1. The Bertz CT molecular complexity index is 448. The molecule has 0 amide bonds. The zero-order valence-corrected chi connectivity index (χ0v) is 14.5. The first-order valence-electron chi connectivity index (χ1n) is 8.81. The summed E-state index contributed by atoms with van der Waals surface area (Å²) in [5.74, 6) is 0.993. The van der Waals surface area contributed by atoms with Crippen molar-refractivity contribution in [1.82, 2.24) is 10.2 Å². The van der Waals surface area contributed by atoms with E-state index in [9.17, 15) is 0 Å². The Labute approximate surface area is 133 Å². The molecule has 1 aliphatic heterocycles. The van der Waals surface area contributed by atoms with Crippen LogP contribution in [0.25, 0.3) is 0 Å². The van der Waals surface area contributed by atoms with Crippen molar-refractivity contribution in [3.05, 3.63) is 21.4 Å². The van der Waals surface area contributed by atoms with Crippen molar-refractivity contribution in [3.8, 4) is 0 Å². The van der Waals surface area contributed by atoms with Gasteiger partial charge in [-0.05, 0) is 63.2 Å². The Morgan fingerprint density at radius 1 is 1.24 bits per heavy atom. The monoisotopic (exact) mass is 306 g/mol. The molecule has 1 saturated heterocycles. The minimum absolute atomic E-state index is 0.879. The van der Waals surface area contributed by atoms with Gasteiger partial charge in [0, 0.05) is 28.9 Å². The number of likely N-dealkylation sites (tertiary alicyclic amines) is 1. The topological polar surface area (TPSA) is 15.3 Å². The van der Waals surface area contributed by atoms with Crippen LogP contribution in [0.15, 0.2) is 6.07 Å². The average molecular weight is 307 g/mol. The predicted octanol–water partition coefficient (Wildman–Crippen LogP) is 4.32. The lowest BCUT2D eigenvalue weighted by atomic mass is 9.96. The predicted molar refractivity (Wildman–Crippen MR) is 91.8 cm³/mol. The first-order valence-corrected chi connectivity index (χ1v) is 9.62. The molecule has 0 spiro atoms. The van der Waals surface area contributed by atoms with Crippen LogP contribution in [0.5, 0.6) is 0 Å². The van der Waals surface area contributed by atoms with Gasteiger partial charge in [0.15, 0.2) is 0 Å². The lowest BCUT2D eigenvalue weighted by molar-refractivity contribution is 0.183. The number of hydrogen-bond donors (Lipinski definition) is 1. The number of aryl methyl sites for hydroxylation is 1. The van der Waals surface area contributed by atoms with Crippen molar-refractivity contribution in [2.45, 2.75) is 71.5 Å². The van der Waals surface area contributed by atoms with Gasteiger partial charge in [-0.25, -0.2) is 0 Å². The third-order valence-corrected chi connectivity index (χ3v) is 6.45. The van der Waals surface area contributed by atoms with E-state index in [1.165, 1.54) is 61.4 Å². The largest absolute Gasteiger partial charge is 0.312 e. The lowest BCUT2D eigenvalue weighted by Gasteiger charge is -2.29.